The molecule has 1 heteroatoms. The largest absolute Gasteiger partial charge is 0.299 e. The maximum atomic E-state index is 11.1. The molecule has 3 rings (SSSR count). The molecule has 9 heavy (non-hydrogen) atoms. The van der Waals surface area contributed by atoms with Crippen molar-refractivity contribution in [1.82, 2.24) is 0 Å². The first-order valence-corrected chi connectivity index (χ1v) is 3.76. The average molecular weight is 122 g/mol. The number of carbonyl (C=O) groups is 1. The van der Waals surface area contributed by atoms with E-state index in [2.05, 4.69) is 6.92 Å². The van der Waals surface area contributed by atoms with Crippen LogP contribution in [0.25, 0.3) is 0 Å². The van der Waals surface area contributed by atoms with Gasteiger partial charge in [-0.2, -0.15) is 0 Å². The Bertz CT molecular complexity index is 209. The molecule has 3 fully saturated rings. The SMILES string of the molecule is CC12CC3CC(=O)C1C32. The van der Waals surface area contributed by atoms with Crippen molar-refractivity contribution in [2.45, 2.75) is 19.8 Å². The van der Waals surface area contributed by atoms with Crippen molar-refractivity contribution in [2.75, 3.05) is 0 Å². The Morgan fingerprint density at radius 2 is 2.44 bits per heavy atom. The average Bonchev–Trinajstić information content (AvgIpc) is 2.05. The standard InChI is InChI=1S/C8H10O/c1-8-3-4-2-5(9)7(8)6(4)8/h4,6-7H,2-3H2,1H3. The number of hydrogen-bond acceptors (Lipinski definition) is 1. The molecule has 1 nitrogen and oxygen atoms in total. The molecule has 3 saturated carbocycles. The van der Waals surface area contributed by atoms with E-state index in [1.807, 2.05) is 0 Å². The van der Waals surface area contributed by atoms with Crippen molar-refractivity contribution in [3.63, 3.8) is 0 Å². The fraction of sp³-hybridized carbons (Fsp3) is 0.875. The zero-order valence-electron chi connectivity index (χ0n) is 5.55. The molecule has 0 saturated heterocycles. The molecule has 0 aliphatic heterocycles. The molecule has 0 bridgehead atoms. The quantitative estimate of drug-likeness (QED) is 0.472. The Hall–Kier alpha value is -0.330. The minimum Gasteiger partial charge on any atom is -0.299 e. The molecule has 0 aromatic rings. The first-order valence-electron chi connectivity index (χ1n) is 3.76. The Morgan fingerprint density at radius 3 is 2.78 bits per heavy atom. The summed E-state index contributed by atoms with van der Waals surface area (Å²) in [6.45, 7) is 2.27. The fourth-order valence-electron chi connectivity index (χ4n) is 3.36. The zero-order valence-corrected chi connectivity index (χ0v) is 5.55. The van der Waals surface area contributed by atoms with Gasteiger partial charge >= 0.3 is 0 Å². The first-order chi connectivity index (χ1) is 4.23. The molecule has 4 unspecified atom stereocenters. The van der Waals surface area contributed by atoms with Crippen molar-refractivity contribution in [3.05, 3.63) is 0 Å². The molecule has 0 radical (unpaired) electrons. The van der Waals surface area contributed by atoms with Crippen LogP contribution in [0, 0.1) is 23.2 Å². The van der Waals surface area contributed by atoms with E-state index in [0.717, 1.165) is 18.3 Å². The number of carbonyl (C=O) groups excluding carboxylic acids is 1. The van der Waals surface area contributed by atoms with E-state index in [1.165, 1.54) is 6.42 Å². The highest BCUT2D eigenvalue weighted by atomic mass is 16.1. The molecule has 0 spiro atoms. The maximum Gasteiger partial charge on any atom is 0.137 e. The van der Waals surface area contributed by atoms with Crippen LogP contribution >= 0.6 is 0 Å². The molecular weight excluding hydrogens is 112 g/mol. The van der Waals surface area contributed by atoms with Crippen LogP contribution in [-0.2, 0) is 4.79 Å². The number of hydrogen-bond donors (Lipinski definition) is 0. The van der Waals surface area contributed by atoms with Crippen LogP contribution in [-0.4, -0.2) is 5.78 Å². The lowest BCUT2D eigenvalue weighted by Gasteiger charge is -2.32. The van der Waals surface area contributed by atoms with Crippen molar-refractivity contribution in [1.29, 1.82) is 0 Å². The van der Waals surface area contributed by atoms with Gasteiger partial charge in [-0.3, -0.25) is 4.79 Å². The van der Waals surface area contributed by atoms with Crippen molar-refractivity contribution >= 4 is 5.78 Å². The van der Waals surface area contributed by atoms with Crippen LogP contribution in [0.5, 0.6) is 0 Å². The third-order valence-electron chi connectivity index (χ3n) is 3.74. The van der Waals surface area contributed by atoms with Crippen LogP contribution in [0.4, 0.5) is 0 Å². The Kier molecular flexibility index (Phi) is 0.439. The van der Waals surface area contributed by atoms with Gasteiger partial charge < -0.3 is 0 Å². The van der Waals surface area contributed by atoms with Crippen LogP contribution in [0.1, 0.15) is 19.8 Å². The molecular formula is C8H10O. The van der Waals surface area contributed by atoms with Gasteiger partial charge in [0.15, 0.2) is 0 Å². The maximum absolute atomic E-state index is 11.1. The molecule has 4 atom stereocenters. The normalized spacial score (nSPS) is 67.2. The second kappa shape index (κ2) is 0.882. The van der Waals surface area contributed by atoms with E-state index >= 15 is 0 Å². The van der Waals surface area contributed by atoms with E-state index in [4.69, 9.17) is 0 Å². The summed E-state index contributed by atoms with van der Waals surface area (Å²) in [5.41, 5.74) is 0.528. The van der Waals surface area contributed by atoms with Gasteiger partial charge in [0.25, 0.3) is 0 Å². The first kappa shape index (κ1) is 4.48. The number of rotatable bonds is 0. The number of ketones is 1. The fourth-order valence-corrected chi connectivity index (χ4v) is 3.36. The summed E-state index contributed by atoms with van der Waals surface area (Å²) < 4.78 is 0. The smallest absolute Gasteiger partial charge is 0.137 e. The lowest BCUT2D eigenvalue weighted by atomic mass is 9.72. The molecule has 0 N–H and O–H groups in total. The van der Waals surface area contributed by atoms with Crippen LogP contribution in [0.15, 0.2) is 0 Å². The summed E-state index contributed by atoms with van der Waals surface area (Å²) in [5, 5.41) is 0. The summed E-state index contributed by atoms with van der Waals surface area (Å²) in [7, 11) is 0. The second-order valence-electron chi connectivity index (χ2n) is 4.14. The Morgan fingerprint density at radius 1 is 1.67 bits per heavy atom. The minimum absolute atomic E-state index is 0.528. The Balaban J connectivity index is 2.08. The van der Waals surface area contributed by atoms with Gasteiger partial charge in [0, 0.05) is 12.3 Å². The molecule has 0 heterocycles. The highest BCUT2D eigenvalue weighted by Crippen LogP contribution is 2.80. The van der Waals surface area contributed by atoms with Crippen molar-refractivity contribution in [2.24, 2.45) is 23.2 Å². The topological polar surface area (TPSA) is 17.1 Å². The summed E-state index contributed by atoms with van der Waals surface area (Å²) in [5.74, 6) is 2.78. The van der Waals surface area contributed by atoms with Gasteiger partial charge in [-0.25, -0.2) is 0 Å². The van der Waals surface area contributed by atoms with Gasteiger partial charge in [0.2, 0.25) is 0 Å². The van der Waals surface area contributed by atoms with E-state index < -0.39 is 0 Å². The van der Waals surface area contributed by atoms with Crippen LogP contribution < -0.4 is 0 Å². The number of fused-ring (bicyclic) bond motifs is 1. The van der Waals surface area contributed by atoms with Crippen molar-refractivity contribution < 1.29 is 4.79 Å². The monoisotopic (exact) mass is 122 g/mol. The van der Waals surface area contributed by atoms with E-state index in [-0.39, 0.29) is 0 Å². The van der Waals surface area contributed by atoms with Gasteiger partial charge in [-0.05, 0) is 23.7 Å². The second-order valence-corrected chi connectivity index (χ2v) is 4.14. The Labute approximate surface area is 54.4 Å². The van der Waals surface area contributed by atoms with Crippen LogP contribution in [0.2, 0.25) is 0 Å². The van der Waals surface area contributed by atoms with E-state index in [1.54, 1.807) is 0 Å². The summed E-state index contributed by atoms with van der Waals surface area (Å²) >= 11 is 0. The third kappa shape index (κ3) is 0.262. The van der Waals surface area contributed by atoms with E-state index in [9.17, 15) is 4.79 Å². The molecule has 0 aromatic carbocycles. The zero-order chi connectivity index (χ0) is 6.22. The number of Topliss-reactive ketones (excluding diaryl/α,β-unsaturated/α-hetero) is 1. The molecule has 48 valence electrons. The lowest BCUT2D eigenvalue weighted by molar-refractivity contribution is -0.122. The van der Waals surface area contributed by atoms with Gasteiger partial charge in [0.05, 0.1) is 0 Å². The van der Waals surface area contributed by atoms with Gasteiger partial charge in [-0.15, -0.1) is 0 Å². The predicted molar refractivity (Wildman–Crippen MR) is 32.8 cm³/mol. The molecule has 3 aliphatic rings. The molecule has 0 amide bonds. The summed E-state index contributed by atoms with van der Waals surface area (Å²) in [4.78, 5) is 11.1. The van der Waals surface area contributed by atoms with Crippen molar-refractivity contribution in [3.8, 4) is 0 Å². The summed E-state index contributed by atoms with van der Waals surface area (Å²) in [6.07, 6.45) is 2.28. The molecule has 0 aromatic heterocycles. The highest BCUT2D eigenvalue weighted by molar-refractivity contribution is 5.90. The molecule has 3 aliphatic carbocycles. The van der Waals surface area contributed by atoms with E-state index in [0.29, 0.717) is 17.1 Å². The highest BCUT2D eigenvalue weighted by Gasteiger charge is 2.78. The lowest BCUT2D eigenvalue weighted by Crippen LogP contribution is -2.27. The minimum atomic E-state index is 0.528. The van der Waals surface area contributed by atoms with Gasteiger partial charge in [-0.1, -0.05) is 6.92 Å². The predicted octanol–water partition coefficient (Wildman–Crippen LogP) is 1.23. The van der Waals surface area contributed by atoms with Gasteiger partial charge in [0.1, 0.15) is 5.78 Å². The van der Waals surface area contributed by atoms with Crippen LogP contribution in [0.3, 0.4) is 0 Å². The third-order valence-corrected chi connectivity index (χ3v) is 3.74. The summed E-state index contributed by atoms with van der Waals surface area (Å²) in [6, 6.07) is 0.